The molecule has 1 aliphatic rings. The minimum absolute atomic E-state index is 0.212. The fourth-order valence-electron chi connectivity index (χ4n) is 2.89. The second kappa shape index (κ2) is 4.56. The summed E-state index contributed by atoms with van der Waals surface area (Å²) in [5, 5.41) is 0. The van der Waals surface area contributed by atoms with Crippen molar-refractivity contribution >= 4 is 15.9 Å². The minimum Gasteiger partial charge on any atom is -0.324 e. The number of fused-ring (bicyclic) bond motifs is 1. The summed E-state index contributed by atoms with van der Waals surface area (Å²) in [4.78, 5) is 0. The molecular formula is C15H17BrN2. The number of nitrogens with zero attached hydrogens (tertiary/aromatic N) is 1. The van der Waals surface area contributed by atoms with Gasteiger partial charge in [-0.1, -0.05) is 15.9 Å². The van der Waals surface area contributed by atoms with Gasteiger partial charge in [-0.15, -0.1) is 0 Å². The van der Waals surface area contributed by atoms with Gasteiger partial charge in [0.2, 0.25) is 0 Å². The maximum absolute atomic E-state index is 6.21. The molecule has 1 heterocycles. The summed E-state index contributed by atoms with van der Waals surface area (Å²) in [5.41, 5.74) is 11.4. The van der Waals surface area contributed by atoms with Crippen molar-refractivity contribution in [3.05, 3.63) is 51.8 Å². The first-order chi connectivity index (χ1) is 8.66. The number of halogens is 1. The first-order valence-electron chi connectivity index (χ1n) is 6.39. The summed E-state index contributed by atoms with van der Waals surface area (Å²) in [6.07, 6.45) is 3.43. The summed E-state index contributed by atoms with van der Waals surface area (Å²) in [6, 6.07) is 10.9. The van der Waals surface area contributed by atoms with Gasteiger partial charge in [0.1, 0.15) is 0 Å². The van der Waals surface area contributed by atoms with Crippen LogP contribution < -0.4 is 5.73 Å². The van der Waals surface area contributed by atoms with E-state index in [2.05, 4.69) is 57.8 Å². The van der Waals surface area contributed by atoms with Crippen LogP contribution in [-0.2, 0) is 6.42 Å². The highest BCUT2D eigenvalue weighted by molar-refractivity contribution is 9.10. The molecule has 0 amide bonds. The molecule has 0 spiro atoms. The average molecular weight is 305 g/mol. The van der Waals surface area contributed by atoms with E-state index in [0.29, 0.717) is 0 Å². The summed E-state index contributed by atoms with van der Waals surface area (Å²) >= 11 is 3.48. The fraction of sp³-hybridized carbons (Fsp3) is 0.333. The third-order valence-corrected chi connectivity index (χ3v) is 4.26. The monoisotopic (exact) mass is 304 g/mol. The maximum atomic E-state index is 6.21. The predicted molar refractivity (Wildman–Crippen MR) is 78.1 cm³/mol. The number of hydrogen-bond donors (Lipinski definition) is 1. The molecule has 3 rings (SSSR count). The fourth-order valence-corrected chi connectivity index (χ4v) is 3.15. The molecule has 1 unspecified atom stereocenters. The van der Waals surface area contributed by atoms with Crippen LogP contribution in [0.1, 0.15) is 35.8 Å². The number of aromatic nitrogens is 1. The van der Waals surface area contributed by atoms with E-state index in [4.69, 9.17) is 5.73 Å². The van der Waals surface area contributed by atoms with Gasteiger partial charge >= 0.3 is 0 Å². The van der Waals surface area contributed by atoms with E-state index >= 15 is 0 Å². The van der Waals surface area contributed by atoms with Gasteiger partial charge in [-0.25, -0.2) is 0 Å². The summed E-state index contributed by atoms with van der Waals surface area (Å²) < 4.78 is 3.46. The van der Waals surface area contributed by atoms with E-state index in [0.717, 1.165) is 17.3 Å². The quantitative estimate of drug-likeness (QED) is 0.851. The smallest absolute Gasteiger partial charge is 0.0455 e. The molecule has 18 heavy (non-hydrogen) atoms. The molecule has 0 saturated heterocycles. The summed E-state index contributed by atoms with van der Waals surface area (Å²) in [6.45, 7) is 2.16. The van der Waals surface area contributed by atoms with Crippen LogP contribution in [0.3, 0.4) is 0 Å². The van der Waals surface area contributed by atoms with Gasteiger partial charge in [-0.3, -0.25) is 0 Å². The van der Waals surface area contributed by atoms with Crippen molar-refractivity contribution in [1.82, 2.24) is 4.57 Å². The molecule has 0 saturated carbocycles. The van der Waals surface area contributed by atoms with Gasteiger partial charge in [0, 0.05) is 27.6 Å². The minimum atomic E-state index is 0.212. The Balaban J connectivity index is 2.15. The third kappa shape index (κ3) is 1.91. The van der Waals surface area contributed by atoms with E-state index < -0.39 is 0 Å². The Kier molecular flexibility index (Phi) is 3.04. The van der Waals surface area contributed by atoms with Crippen LogP contribution in [0, 0.1) is 6.92 Å². The molecule has 1 aliphatic carbocycles. The van der Waals surface area contributed by atoms with Crippen LogP contribution in [0.25, 0.3) is 5.69 Å². The van der Waals surface area contributed by atoms with Gasteiger partial charge in [0.05, 0.1) is 0 Å². The first kappa shape index (κ1) is 12.0. The lowest BCUT2D eigenvalue weighted by molar-refractivity contribution is 0.560. The second-order valence-corrected chi connectivity index (χ2v) is 5.91. The summed E-state index contributed by atoms with van der Waals surface area (Å²) in [7, 11) is 0. The third-order valence-electron chi connectivity index (χ3n) is 3.73. The molecular weight excluding hydrogens is 288 g/mol. The molecule has 1 aromatic carbocycles. The van der Waals surface area contributed by atoms with Gasteiger partial charge in [-0.2, -0.15) is 0 Å². The first-order valence-corrected chi connectivity index (χ1v) is 7.19. The molecule has 3 heteroatoms. The van der Waals surface area contributed by atoms with E-state index in [1.165, 1.54) is 29.1 Å². The average Bonchev–Trinajstić information content (AvgIpc) is 2.69. The molecule has 1 aromatic heterocycles. The van der Waals surface area contributed by atoms with Crippen LogP contribution in [0.4, 0.5) is 0 Å². The van der Waals surface area contributed by atoms with Crippen molar-refractivity contribution in [2.75, 3.05) is 0 Å². The van der Waals surface area contributed by atoms with Crippen LogP contribution in [0.15, 0.2) is 34.8 Å². The van der Waals surface area contributed by atoms with Crippen molar-refractivity contribution in [3.8, 4) is 5.69 Å². The van der Waals surface area contributed by atoms with E-state index in [9.17, 15) is 0 Å². The lowest BCUT2D eigenvalue weighted by Gasteiger charge is -2.21. The molecule has 2 nitrogen and oxygen atoms in total. The zero-order chi connectivity index (χ0) is 12.7. The largest absolute Gasteiger partial charge is 0.324 e. The SMILES string of the molecule is Cc1cc2c(n1-c1ccc(Br)cc1)CCCC2N. The van der Waals surface area contributed by atoms with Crippen molar-refractivity contribution in [2.24, 2.45) is 5.73 Å². The zero-order valence-corrected chi connectivity index (χ0v) is 12.1. The molecule has 0 radical (unpaired) electrons. The Hall–Kier alpha value is -1.06. The number of aryl methyl sites for hydroxylation is 1. The Morgan fingerprint density at radius 2 is 2.00 bits per heavy atom. The Morgan fingerprint density at radius 1 is 1.28 bits per heavy atom. The highest BCUT2D eigenvalue weighted by atomic mass is 79.9. The standard InChI is InChI=1S/C15H17BrN2/c1-10-9-13-14(17)3-2-4-15(13)18(10)12-7-5-11(16)6-8-12/h5-9,14H,2-4,17H2,1H3. The Labute approximate surface area is 116 Å². The molecule has 2 N–H and O–H groups in total. The molecule has 94 valence electrons. The highest BCUT2D eigenvalue weighted by Gasteiger charge is 2.22. The lowest BCUT2D eigenvalue weighted by atomic mass is 9.93. The molecule has 1 atom stereocenters. The number of rotatable bonds is 1. The molecule has 0 bridgehead atoms. The second-order valence-electron chi connectivity index (χ2n) is 5.00. The van der Waals surface area contributed by atoms with E-state index in [-0.39, 0.29) is 6.04 Å². The molecule has 0 fully saturated rings. The van der Waals surface area contributed by atoms with Crippen molar-refractivity contribution in [2.45, 2.75) is 32.2 Å². The molecule has 2 aromatic rings. The zero-order valence-electron chi connectivity index (χ0n) is 10.5. The van der Waals surface area contributed by atoms with Gasteiger partial charge < -0.3 is 10.3 Å². The summed E-state index contributed by atoms with van der Waals surface area (Å²) in [5.74, 6) is 0. The van der Waals surface area contributed by atoms with Crippen molar-refractivity contribution < 1.29 is 0 Å². The van der Waals surface area contributed by atoms with Gasteiger partial charge in [0.25, 0.3) is 0 Å². The maximum Gasteiger partial charge on any atom is 0.0455 e. The van der Waals surface area contributed by atoms with Crippen LogP contribution in [-0.4, -0.2) is 4.57 Å². The van der Waals surface area contributed by atoms with Crippen LogP contribution in [0.5, 0.6) is 0 Å². The van der Waals surface area contributed by atoms with Crippen LogP contribution in [0.2, 0.25) is 0 Å². The number of benzene rings is 1. The van der Waals surface area contributed by atoms with Crippen molar-refractivity contribution in [1.29, 1.82) is 0 Å². The van der Waals surface area contributed by atoms with Gasteiger partial charge in [-0.05, 0) is 62.1 Å². The Bertz CT molecular complexity index is 569. The number of nitrogens with two attached hydrogens (primary N) is 1. The van der Waals surface area contributed by atoms with E-state index in [1.54, 1.807) is 0 Å². The Morgan fingerprint density at radius 3 is 2.72 bits per heavy atom. The topological polar surface area (TPSA) is 30.9 Å². The van der Waals surface area contributed by atoms with Crippen molar-refractivity contribution in [3.63, 3.8) is 0 Å². The molecule has 0 aliphatic heterocycles. The highest BCUT2D eigenvalue weighted by Crippen LogP contribution is 2.32. The number of hydrogen-bond acceptors (Lipinski definition) is 1. The lowest BCUT2D eigenvalue weighted by Crippen LogP contribution is -2.17. The van der Waals surface area contributed by atoms with Crippen LogP contribution >= 0.6 is 15.9 Å². The van der Waals surface area contributed by atoms with Gasteiger partial charge in [0.15, 0.2) is 0 Å². The normalized spacial score (nSPS) is 18.7. The van der Waals surface area contributed by atoms with E-state index in [1.807, 2.05) is 0 Å². The predicted octanol–water partition coefficient (Wildman–Crippen LogP) is 3.88.